The van der Waals surface area contributed by atoms with E-state index in [1.54, 1.807) is 19.9 Å². The van der Waals surface area contributed by atoms with E-state index in [0.717, 1.165) is 0 Å². The molecule has 1 amide bonds. The molecule has 0 N–H and O–H groups in total. The van der Waals surface area contributed by atoms with Crippen molar-refractivity contribution >= 4 is 23.6 Å². The van der Waals surface area contributed by atoms with Crippen molar-refractivity contribution in [3.63, 3.8) is 0 Å². The maximum atomic E-state index is 12.6. The van der Waals surface area contributed by atoms with Crippen molar-refractivity contribution in [1.29, 1.82) is 0 Å². The summed E-state index contributed by atoms with van der Waals surface area (Å²) in [6, 6.07) is 4.30. The van der Waals surface area contributed by atoms with Gasteiger partial charge >= 0.3 is 11.7 Å². The highest BCUT2D eigenvalue weighted by atomic mass is 16.6. The molecule has 0 saturated carbocycles. The summed E-state index contributed by atoms with van der Waals surface area (Å²) >= 11 is 0. The molecule has 1 aliphatic heterocycles. The standard InChI is InChI=1S/C17H18N2O6/c1-5-18-10(2)15(17(21)25-4)12(16(18)20)8-11-6-7-14(24-3)13(9-11)19(22)23/h6-9H,5H2,1-4H3. The molecule has 1 aromatic rings. The van der Waals surface area contributed by atoms with Crippen molar-refractivity contribution in [1.82, 2.24) is 4.90 Å². The van der Waals surface area contributed by atoms with Gasteiger partial charge in [0.1, 0.15) is 0 Å². The highest BCUT2D eigenvalue weighted by Crippen LogP contribution is 2.33. The second-order valence-electron chi connectivity index (χ2n) is 5.25. The zero-order valence-electron chi connectivity index (χ0n) is 14.4. The Morgan fingerprint density at radius 3 is 2.56 bits per heavy atom. The van der Waals surface area contributed by atoms with Gasteiger partial charge in [0.15, 0.2) is 5.75 Å². The van der Waals surface area contributed by atoms with E-state index in [0.29, 0.717) is 17.8 Å². The zero-order chi connectivity index (χ0) is 18.7. The molecule has 1 aromatic carbocycles. The molecule has 0 fully saturated rings. The van der Waals surface area contributed by atoms with Crippen LogP contribution < -0.4 is 4.74 Å². The lowest BCUT2D eigenvalue weighted by Gasteiger charge is -2.14. The van der Waals surface area contributed by atoms with Crippen LogP contribution in [0.2, 0.25) is 0 Å². The molecule has 0 aromatic heterocycles. The SMILES string of the molecule is CCN1C(=O)C(=Cc2ccc(OC)c([N+](=O)[O-])c2)C(C(=O)OC)=C1C. The fraction of sp³-hybridized carbons (Fsp3) is 0.294. The molecule has 0 aliphatic carbocycles. The molecular formula is C17H18N2O6. The molecule has 2 rings (SSSR count). The fourth-order valence-corrected chi connectivity index (χ4v) is 2.72. The normalized spacial score (nSPS) is 15.8. The average molecular weight is 346 g/mol. The Balaban J connectivity index is 2.59. The van der Waals surface area contributed by atoms with Crippen LogP contribution in [0.15, 0.2) is 35.0 Å². The molecule has 0 radical (unpaired) electrons. The van der Waals surface area contributed by atoms with Crippen LogP contribution in [0.25, 0.3) is 6.08 Å². The van der Waals surface area contributed by atoms with E-state index >= 15 is 0 Å². The third kappa shape index (κ3) is 3.23. The molecule has 0 unspecified atom stereocenters. The highest BCUT2D eigenvalue weighted by molar-refractivity contribution is 6.16. The minimum atomic E-state index is -0.629. The predicted octanol–water partition coefficient (Wildman–Crippen LogP) is 2.30. The number of nitrogens with zero attached hydrogens (tertiary/aromatic N) is 2. The van der Waals surface area contributed by atoms with Crippen molar-refractivity contribution in [3.8, 4) is 5.75 Å². The Morgan fingerprint density at radius 2 is 2.04 bits per heavy atom. The van der Waals surface area contributed by atoms with Gasteiger partial charge in [0.25, 0.3) is 5.91 Å². The van der Waals surface area contributed by atoms with Crippen LogP contribution in [0.3, 0.4) is 0 Å². The highest BCUT2D eigenvalue weighted by Gasteiger charge is 2.36. The topological polar surface area (TPSA) is 99.0 Å². The van der Waals surface area contributed by atoms with E-state index < -0.39 is 10.9 Å². The predicted molar refractivity (Wildman–Crippen MR) is 89.7 cm³/mol. The third-order valence-corrected chi connectivity index (χ3v) is 3.93. The van der Waals surface area contributed by atoms with E-state index in [9.17, 15) is 19.7 Å². The number of methoxy groups -OCH3 is 2. The van der Waals surface area contributed by atoms with Crippen LogP contribution in [0.5, 0.6) is 5.75 Å². The summed E-state index contributed by atoms with van der Waals surface area (Å²) in [5.41, 5.74) is 0.977. The Bertz CT molecular complexity index is 809. The largest absolute Gasteiger partial charge is 0.490 e. The molecule has 0 spiro atoms. The molecular weight excluding hydrogens is 328 g/mol. The van der Waals surface area contributed by atoms with Crippen LogP contribution in [0, 0.1) is 10.1 Å². The monoisotopic (exact) mass is 346 g/mol. The first-order valence-corrected chi connectivity index (χ1v) is 7.51. The second kappa shape index (κ2) is 7.16. The van der Waals surface area contributed by atoms with Crippen molar-refractivity contribution in [3.05, 3.63) is 50.7 Å². The van der Waals surface area contributed by atoms with Gasteiger partial charge in [-0.2, -0.15) is 0 Å². The molecule has 0 atom stereocenters. The summed E-state index contributed by atoms with van der Waals surface area (Å²) in [4.78, 5) is 36.7. The molecule has 0 saturated heterocycles. The van der Waals surface area contributed by atoms with Crippen molar-refractivity contribution in [2.24, 2.45) is 0 Å². The Hall–Kier alpha value is -3.16. The first-order chi connectivity index (χ1) is 11.8. The number of esters is 1. The number of benzene rings is 1. The lowest BCUT2D eigenvalue weighted by Crippen LogP contribution is -2.24. The summed E-state index contributed by atoms with van der Waals surface area (Å²) in [6.07, 6.45) is 1.44. The molecule has 0 bridgehead atoms. The smallest absolute Gasteiger partial charge is 0.340 e. The quantitative estimate of drug-likeness (QED) is 0.351. The minimum absolute atomic E-state index is 0.111. The van der Waals surface area contributed by atoms with Crippen LogP contribution >= 0.6 is 0 Å². The van der Waals surface area contributed by atoms with E-state index in [4.69, 9.17) is 9.47 Å². The van der Waals surface area contributed by atoms with E-state index in [1.165, 1.54) is 37.3 Å². The first-order valence-electron chi connectivity index (χ1n) is 7.51. The van der Waals surface area contributed by atoms with Gasteiger partial charge in [0.2, 0.25) is 0 Å². The zero-order valence-corrected chi connectivity index (χ0v) is 14.4. The van der Waals surface area contributed by atoms with Crippen LogP contribution in [-0.4, -0.2) is 42.5 Å². The van der Waals surface area contributed by atoms with Crippen LogP contribution in [-0.2, 0) is 14.3 Å². The summed E-state index contributed by atoms with van der Waals surface area (Å²) in [5, 5.41) is 11.1. The lowest BCUT2D eigenvalue weighted by atomic mass is 10.0. The van der Waals surface area contributed by atoms with Crippen LogP contribution in [0.4, 0.5) is 5.69 Å². The van der Waals surface area contributed by atoms with Gasteiger partial charge in [-0.1, -0.05) is 6.07 Å². The first kappa shape index (κ1) is 18.2. The van der Waals surface area contributed by atoms with Gasteiger partial charge in [-0.05, 0) is 31.6 Å². The van der Waals surface area contributed by atoms with Gasteiger partial charge in [-0.3, -0.25) is 14.9 Å². The maximum absolute atomic E-state index is 12.6. The summed E-state index contributed by atoms with van der Waals surface area (Å²) in [7, 11) is 2.57. The van der Waals surface area contributed by atoms with Gasteiger partial charge in [-0.15, -0.1) is 0 Å². The third-order valence-electron chi connectivity index (χ3n) is 3.93. The van der Waals surface area contributed by atoms with Gasteiger partial charge in [-0.25, -0.2) is 4.79 Å². The molecule has 8 nitrogen and oxygen atoms in total. The summed E-state index contributed by atoms with van der Waals surface area (Å²) < 4.78 is 9.73. The van der Waals surface area contributed by atoms with Crippen molar-refractivity contribution in [2.45, 2.75) is 13.8 Å². The number of nitro benzene ring substituents is 1. The number of likely N-dealkylation sites (N-methyl/N-ethyl adjacent to an activating group) is 1. The van der Waals surface area contributed by atoms with E-state index in [1.807, 2.05) is 0 Å². The number of allylic oxidation sites excluding steroid dienone is 1. The number of amides is 1. The molecule has 8 heteroatoms. The number of carbonyl (C=O) groups is 2. The molecule has 1 aliphatic rings. The lowest BCUT2D eigenvalue weighted by molar-refractivity contribution is -0.385. The number of nitro groups is 1. The molecule has 132 valence electrons. The molecule has 25 heavy (non-hydrogen) atoms. The van der Waals surface area contributed by atoms with Crippen LogP contribution in [0.1, 0.15) is 19.4 Å². The number of hydrogen-bond donors (Lipinski definition) is 0. The van der Waals surface area contributed by atoms with Gasteiger partial charge < -0.3 is 14.4 Å². The average Bonchev–Trinajstić information content (AvgIpc) is 2.83. The summed E-state index contributed by atoms with van der Waals surface area (Å²) in [6.45, 7) is 3.84. The fourth-order valence-electron chi connectivity index (χ4n) is 2.72. The Kier molecular flexibility index (Phi) is 5.21. The second-order valence-corrected chi connectivity index (χ2v) is 5.25. The van der Waals surface area contributed by atoms with E-state index in [2.05, 4.69) is 0 Å². The number of ether oxygens (including phenoxy) is 2. The number of carbonyl (C=O) groups excluding carboxylic acids is 2. The summed E-state index contributed by atoms with van der Waals surface area (Å²) in [5.74, 6) is -0.866. The minimum Gasteiger partial charge on any atom is -0.490 e. The maximum Gasteiger partial charge on any atom is 0.340 e. The van der Waals surface area contributed by atoms with Gasteiger partial charge in [0, 0.05) is 18.3 Å². The molecule has 1 heterocycles. The Morgan fingerprint density at radius 1 is 1.36 bits per heavy atom. The Labute approximate surface area is 144 Å². The number of hydrogen-bond acceptors (Lipinski definition) is 6. The van der Waals surface area contributed by atoms with Crippen molar-refractivity contribution in [2.75, 3.05) is 20.8 Å². The van der Waals surface area contributed by atoms with Crippen molar-refractivity contribution < 1.29 is 24.0 Å². The van der Waals surface area contributed by atoms with Gasteiger partial charge in [0.05, 0.1) is 30.3 Å². The van der Waals surface area contributed by atoms with E-state index in [-0.39, 0.29) is 28.5 Å². The number of rotatable bonds is 5.